The molecule has 0 aliphatic rings. The van der Waals surface area contributed by atoms with Gasteiger partial charge in [-0.1, -0.05) is 0 Å². The molecule has 13 heteroatoms. The van der Waals surface area contributed by atoms with Gasteiger partial charge in [-0.05, 0) is 24.3 Å². The molecule has 0 bridgehead atoms. The van der Waals surface area contributed by atoms with Gasteiger partial charge < -0.3 is 19.5 Å². The predicted octanol–water partition coefficient (Wildman–Crippen LogP) is -5.68. The molecule has 1 amide bonds. The number of amides is 1. The van der Waals surface area contributed by atoms with E-state index < -0.39 is 52.5 Å². The van der Waals surface area contributed by atoms with Crippen LogP contribution in [0.25, 0.3) is 10.8 Å². The zero-order valence-corrected chi connectivity index (χ0v) is 19.1. The molecule has 0 aliphatic carbocycles. The molecule has 2 rings (SSSR count). The van der Waals surface area contributed by atoms with Gasteiger partial charge in [-0.2, -0.15) is 0 Å². The molecule has 0 aromatic heterocycles. The number of hydrogen-bond acceptors (Lipinski definition) is 8. The third-order valence-corrected chi connectivity index (χ3v) is 4.63. The monoisotopic (exact) mass is 405 g/mol. The van der Waals surface area contributed by atoms with Crippen molar-refractivity contribution in [3.8, 4) is 5.75 Å². The van der Waals surface area contributed by atoms with Gasteiger partial charge in [-0.25, -0.2) is 16.8 Å². The van der Waals surface area contributed by atoms with E-state index in [0.717, 1.165) is 31.2 Å². The quantitative estimate of drug-likeness (QED) is 0.377. The predicted molar refractivity (Wildman–Crippen MR) is 75.8 cm³/mol. The van der Waals surface area contributed by atoms with Crippen molar-refractivity contribution in [2.24, 2.45) is 0 Å². The molecule has 0 radical (unpaired) electrons. The summed E-state index contributed by atoms with van der Waals surface area (Å²) in [5.74, 6) is -1.32. The fourth-order valence-electron chi connectivity index (χ4n) is 2.09. The summed E-state index contributed by atoms with van der Waals surface area (Å²) in [4.78, 5) is 9.30. The van der Waals surface area contributed by atoms with E-state index in [4.69, 9.17) is 0 Å². The van der Waals surface area contributed by atoms with E-state index in [0.29, 0.717) is 0 Å². The van der Waals surface area contributed by atoms with E-state index in [1.807, 2.05) is 0 Å². The molecule has 0 unspecified atom stereocenters. The number of fused-ring (bicyclic) bond motifs is 1. The second kappa shape index (κ2) is 8.65. The molecule has 2 aromatic rings. The van der Waals surface area contributed by atoms with E-state index in [1.54, 1.807) is 0 Å². The summed E-state index contributed by atoms with van der Waals surface area (Å²) in [6.45, 7) is 1.10. The molecule has 2 N–H and O–H groups in total. The van der Waals surface area contributed by atoms with Crippen LogP contribution < -0.4 is 64.4 Å². The molecule has 0 aliphatic heterocycles. The van der Waals surface area contributed by atoms with Crippen molar-refractivity contribution < 1.29 is 95.0 Å². The summed E-state index contributed by atoms with van der Waals surface area (Å²) in [6, 6.07) is 3.32. The smallest absolute Gasteiger partial charge is 0.744 e. The molecule has 0 saturated heterocycles. The minimum Gasteiger partial charge on any atom is -0.744 e. The third-order valence-electron chi connectivity index (χ3n) is 2.88. The summed E-state index contributed by atoms with van der Waals surface area (Å²) in [6.07, 6.45) is 0. The first-order valence-electron chi connectivity index (χ1n) is 5.90. The molecule has 0 atom stereocenters. The third kappa shape index (κ3) is 5.63. The number of nitrogens with one attached hydrogen (secondary N) is 1. The maximum absolute atomic E-state index is 11.4. The van der Waals surface area contributed by atoms with Crippen LogP contribution in [0.4, 0.5) is 5.69 Å². The maximum Gasteiger partial charge on any atom is 1.00 e. The number of hydrogen-bond donors (Lipinski definition) is 2. The number of carbonyl (C=O) groups excluding carboxylic acids is 1. The molecule has 0 heterocycles. The Bertz CT molecular complexity index is 1030. The van der Waals surface area contributed by atoms with Gasteiger partial charge in [0.2, 0.25) is 5.91 Å². The van der Waals surface area contributed by atoms with Crippen molar-refractivity contribution >= 4 is 42.6 Å². The molecular weight excluding hydrogens is 396 g/mol. The van der Waals surface area contributed by atoms with Gasteiger partial charge in [0.25, 0.3) is 0 Å². The Labute approximate surface area is 187 Å². The van der Waals surface area contributed by atoms with Gasteiger partial charge in [-0.3, -0.25) is 4.79 Å². The Morgan fingerprint density at radius 1 is 1.00 bits per heavy atom. The fraction of sp³-hybridized carbons (Fsp3) is 0.0833. The van der Waals surface area contributed by atoms with Crippen molar-refractivity contribution in [1.82, 2.24) is 0 Å². The number of benzene rings is 2. The number of anilines is 1. The van der Waals surface area contributed by atoms with Crippen LogP contribution in [0.2, 0.25) is 0 Å². The van der Waals surface area contributed by atoms with Gasteiger partial charge in [0.15, 0.2) is 0 Å². The van der Waals surface area contributed by atoms with Crippen LogP contribution in [0.1, 0.15) is 6.92 Å². The topological polar surface area (TPSA) is 164 Å². The first kappa shape index (κ1) is 24.8. The minimum absolute atomic E-state index is 0. The Balaban J connectivity index is 0.00000288. The first-order valence-corrected chi connectivity index (χ1v) is 8.72. The summed E-state index contributed by atoms with van der Waals surface area (Å²) >= 11 is 0. The van der Waals surface area contributed by atoms with Crippen molar-refractivity contribution in [2.75, 3.05) is 5.32 Å². The van der Waals surface area contributed by atoms with Crippen molar-refractivity contribution in [3.63, 3.8) is 0 Å². The maximum atomic E-state index is 11.4. The standard InChI is InChI=1S/C12H11NO8S2.2Na/c1-6(14)13-7-4-8-10(22(16,17)18)3-2-9(15)12(8)11(5-7)23(19,20)21;;/h2-5,15H,1H3,(H,13,14)(H,16,17,18)(H,19,20,21);;/q;2*+1/p-2. The molecular formula is C12H9NNa2O8S2. The second-order valence-electron chi connectivity index (χ2n) is 4.57. The SMILES string of the molecule is CC(=O)Nc1cc(S(=O)(=O)[O-])c2c(O)ccc(S(=O)(=O)[O-])c2c1.[Na+].[Na+]. The summed E-state index contributed by atoms with van der Waals surface area (Å²) in [5, 5.41) is 10.9. The average molecular weight is 405 g/mol. The number of rotatable bonds is 3. The number of carbonyl (C=O) groups is 1. The van der Waals surface area contributed by atoms with Crippen molar-refractivity contribution in [3.05, 3.63) is 24.3 Å². The van der Waals surface area contributed by atoms with Crippen LogP contribution in [0.15, 0.2) is 34.1 Å². The normalized spacial score (nSPS) is 11.3. The van der Waals surface area contributed by atoms with E-state index in [2.05, 4.69) is 5.32 Å². The van der Waals surface area contributed by atoms with E-state index >= 15 is 0 Å². The Kier molecular flexibility index (Phi) is 8.58. The summed E-state index contributed by atoms with van der Waals surface area (Å²) < 4.78 is 68.1. The van der Waals surface area contributed by atoms with Crippen LogP contribution in [-0.2, 0) is 25.0 Å². The van der Waals surface area contributed by atoms with Gasteiger partial charge in [0.1, 0.15) is 26.0 Å². The Morgan fingerprint density at radius 2 is 1.52 bits per heavy atom. The molecule has 0 saturated carbocycles. The molecule has 9 nitrogen and oxygen atoms in total. The zero-order chi connectivity index (χ0) is 17.6. The first-order chi connectivity index (χ1) is 10.4. The largest absolute Gasteiger partial charge is 1.00 e. The fourth-order valence-corrected chi connectivity index (χ4v) is 3.49. The zero-order valence-electron chi connectivity index (χ0n) is 13.4. The number of phenolic OH excluding ortho intramolecular Hbond substituents is 1. The van der Waals surface area contributed by atoms with E-state index in [9.17, 15) is 35.8 Å². The van der Waals surface area contributed by atoms with E-state index in [-0.39, 0.29) is 64.8 Å². The minimum atomic E-state index is -5.13. The number of aromatic hydroxyl groups is 1. The van der Waals surface area contributed by atoms with Crippen LogP contribution in [-0.4, -0.2) is 37.0 Å². The number of phenols is 1. The molecule has 25 heavy (non-hydrogen) atoms. The average Bonchev–Trinajstić information content (AvgIpc) is 2.34. The second-order valence-corrected chi connectivity index (χ2v) is 7.27. The van der Waals surface area contributed by atoms with Gasteiger partial charge in [-0.15, -0.1) is 0 Å². The molecule has 0 fully saturated rings. The molecule has 0 spiro atoms. The van der Waals surface area contributed by atoms with Crippen molar-refractivity contribution in [1.29, 1.82) is 0 Å². The van der Waals surface area contributed by atoms with Crippen LogP contribution in [0.3, 0.4) is 0 Å². The van der Waals surface area contributed by atoms with Gasteiger partial charge >= 0.3 is 59.1 Å². The Hall–Kier alpha value is -0.210. The van der Waals surface area contributed by atoms with Gasteiger partial charge in [0, 0.05) is 23.4 Å². The Morgan fingerprint density at radius 3 is 1.96 bits per heavy atom. The van der Waals surface area contributed by atoms with Gasteiger partial charge in [0.05, 0.1) is 9.79 Å². The summed E-state index contributed by atoms with van der Waals surface area (Å²) in [7, 11) is -10.2. The van der Waals surface area contributed by atoms with Crippen molar-refractivity contribution in [2.45, 2.75) is 16.7 Å². The molecule has 124 valence electrons. The summed E-state index contributed by atoms with van der Waals surface area (Å²) in [5.41, 5.74) is -0.213. The van der Waals surface area contributed by atoms with Crippen LogP contribution >= 0.6 is 0 Å². The molecule has 2 aromatic carbocycles. The van der Waals surface area contributed by atoms with Crippen LogP contribution in [0.5, 0.6) is 5.75 Å². The van der Waals surface area contributed by atoms with E-state index in [1.165, 1.54) is 0 Å². The van der Waals surface area contributed by atoms with Crippen LogP contribution in [0, 0.1) is 0 Å².